The van der Waals surface area contributed by atoms with Gasteiger partial charge in [-0.2, -0.15) is 0 Å². The standard InChI is InChI=1S/C19H14N2O3/c22-13-15-6-4-5-9-17(15)14-10-11-18(19(12-14)21(23)24)20-16-7-2-1-3-8-16/h1-13,20H. The molecule has 0 fully saturated rings. The Morgan fingerprint density at radius 3 is 2.33 bits per heavy atom. The van der Waals surface area contributed by atoms with Crippen LogP contribution in [-0.2, 0) is 0 Å². The predicted molar refractivity (Wildman–Crippen MR) is 93.6 cm³/mol. The number of nitro benzene ring substituents is 1. The van der Waals surface area contributed by atoms with E-state index < -0.39 is 4.92 Å². The summed E-state index contributed by atoms with van der Waals surface area (Å²) in [5.41, 5.74) is 2.91. The maximum absolute atomic E-state index is 11.4. The van der Waals surface area contributed by atoms with E-state index in [1.54, 1.807) is 36.4 Å². The molecule has 0 saturated carbocycles. The van der Waals surface area contributed by atoms with Crippen LogP contribution in [0, 0.1) is 10.1 Å². The molecule has 0 spiro atoms. The van der Waals surface area contributed by atoms with E-state index in [9.17, 15) is 14.9 Å². The van der Waals surface area contributed by atoms with Gasteiger partial charge in [-0.25, -0.2) is 0 Å². The topological polar surface area (TPSA) is 72.2 Å². The van der Waals surface area contributed by atoms with Crippen LogP contribution in [0.4, 0.5) is 17.1 Å². The second-order valence-electron chi connectivity index (χ2n) is 5.19. The smallest absolute Gasteiger partial charge is 0.293 e. The van der Waals surface area contributed by atoms with Crippen molar-refractivity contribution in [3.63, 3.8) is 0 Å². The first kappa shape index (κ1) is 15.4. The zero-order chi connectivity index (χ0) is 16.9. The van der Waals surface area contributed by atoms with Gasteiger partial charge in [-0.1, -0.05) is 48.5 Å². The quantitative estimate of drug-likeness (QED) is 0.416. The van der Waals surface area contributed by atoms with Gasteiger partial charge >= 0.3 is 0 Å². The van der Waals surface area contributed by atoms with Gasteiger partial charge in [-0.3, -0.25) is 14.9 Å². The minimum absolute atomic E-state index is 0.0444. The lowest BCUT2D eigenvalue weighted by Gasteiger charge is -2.10. The van der Waals surface area contributed by atoms with E-state index in [4.69, 9.17) is 0 Å². The van der Waals surface area contributed by atoms with Gasteiger partial charge in [0.1, 0.15) is 5.69 Å². The van der Waals surface area contributed by atoms with Gasteiger partial charge in [0.15, 0.2) is 6.29 Å². The fourth-order valence-electron chi connectivity index (χ4n) is 2.50. The Labute approximate surface area is 138 Å². The molecule has 0 amide bonds. The lowest BCUT2D eigenvalue weighted by Crippen LogP contribution is -1.98. The summed E-state index contributed by atoms with van der Waals surface area (Å²) in [4.78, 5) is 22.2. The highest BCUT2D eigenvalue weighted by atomic mass is 16.6. The molecule has 0 heterocycles. The number of nitro groups is 1. The van der Waals surface area contributed by atoms with Crippen molar-refractivity contribution in [2.75, 3.05) is 5.32 Å². The first-order valence-corrected chi connectivity index (χ1v) is 7.34. The van der Waals surface area contributed by atoms with Gasteiger partial charge in [0, 0.05) is 17.3 Å². The third kappa shape index (κ3) is 3.15. The molecular formula is C19H14N2O3. The van der Waals surface area contributed by atoms with Crippen LogP contribution < -0.4 is 5.32 Å². The van der Waals surface area contributed by atoms with Gasteiger partial charge in [-0.05, 0) is 29.3 Å². The Balaban J connectivity index is 2.05. The lowest BCUT2D eigenvalue weighted by molar-refractivity contribution is -0.383. The summed E-state index contributed by atoms with van der Waals surface area (Å²) in [5.74, 6) is 0. The normalized spacial score (nSPS) is 10.2. The molecule has 0 aromatic heterocycles. The van der Waals surface area contributed by atoms with Crippen molar-refractivity contribution in [2.24, 2.45) is 0 Å². The molecule has 0 aliphatic carbocycles. The molecule has 3 aromatic rings. The minimum atomic E-state index is -0.432. The Morgan fingerprint density at radius 1 is 0.917 bits per heavy atom. The molecular weight excluding hydrogens is 304 g/mol. The van der Waals surface area contributed by atoms with Crippen molar-refractivity contribution in [1.29, 1.82) is 0 Å². The molecule has 1 N–H and O–H groups in total. The van der Waals surface area contributed by atoms with E-state index >= 15 is 0 Å². The number of anilines is 2. The molecule has 24 heavy (non-hydrogen) atoms. The molecule has 0 atom stereocenters. The molecule has 0 bridgehead atoms. The van der Waals surface area contributed by atoms with Crippen LogP contribution in [0.25, 0.3) is 11.1 Å². The van der Waals surface area contributed by atoms with E-state index in [1.807, 2.05) is 30.3 Å². The summed E-state index contributed by atoms with van der Waals surface area (Å²) < 4.78 is 0. The van der Waals surface area contributed by atoms with Crippen molar-refractivity contribution in [3.05, 3.63) is 88.5 Å². The number of hydrogen-bond acceptors (Lipinski definition) is 4. The van der Waals surface area contributed by atoms with Crippen LogP contribution in [0.2, 0.25) is 0 Å². The van der Waals surface area contributed by atoms with Crippen LogP contribution >= 0.6 is 0 Å². The average molecular weight is 318 g/mol. The van der Waals surface area contributed by atoms with E-state index in [-0.39, 0.29) is 5.69 Å². The minimum Gasteiger partial charge on any atom is -0.350 e. The monoisotopic (exact) mass is 318 g/mol. The molecule has 0 aliphatic heterocycles. The number of nitrogens with zero attached hydrogens (tertiary/aromatic N) is 1. The number of benzene rings is 3. The molecule has 5 nitrogen and oxygen atoms in total. The highest BCUT2D eigenvalue weighted by Gasteiger charge is 2.16. The summed E-state index contributed by atoms with van der Waals surface area (Å²) in [6, 6.07) is 21.1. The Morgan fingerprint density at radius 2 is 1.62 bits per heavy atom. The molecule has 0 radical (unpaired) electrons. The third-order valence-corrected chi connectivity index (χ3v) is 3.65. The predicted octanol–water partition coefficient (Wildman–Crippen LogP) is 4.82. The Kier molecular flexibility index (Phi) is 4.34. The zero-order valence-electron chi connectivity index (χ0n) is 12.7. The maximum Gasteiger partial charge on any atom is 0.293 e. The third-order valence-electron chi connectivity index (χ3n) is 3.65. The second kappa shape index (κ2) is 6.75. The van der Waals surface area contributed by atoms with Gasteiger partial charge in [0.05, 0.1) is 4.92 Å². The van der Waals surface area contributed by atoms with E-state index in [1.165, 1.54) is 6.07 Å². The molecule has 3 rings (SSSR count). The highest BCUT2D eigenvalue weighted by molar-refractivity contribution is 5.89. The number of aldehydes is 1. The SMILES string of the molecule is O=Cc1ccccc1-c1ccc(Nc2ccccc2)c([N+](=O)[O-])c1. The number of para-hydroxylation sites is 1. The van der Waals surface area contributed by atoms with Crippen LogP contribution in [0.15, 0.2) is 72.8 Å². The fourth-order valence-corrected chi connectivity index (χ4v) is 2.50. The van der Waals surface area contributed by atoms with E-state index in [0.717, 1.165) is 12.0 Å². The van der Waals surface area contributed by atoms with Crippen LogP contribution in [0.1, 0.15) is 10.4 Å². The Hall–Kier alpha value is -3.47. The fraction of sp³-hybridized carbons (Fsp3) is 0. The number of rotatable bonds is 5. The molecule has 0 aliphatic rings. The number of hydrogen-bond donors (Lipinski definition) is 1. The van der Waals surface area contributed by atoms with Crippen LogP contribution in [-0.4, -0.2) is 11.2 Å². The van der Waals surface area contributed by atoms with Crippen molar-refractivity contribution in [1.82, 2.24) is 0 Å². The molecule has 0 unspecified atom stereocenters. The van der Waals surface area contributed by atoms with Gasteiger partial charge in [-0.15, -0.1) is 0 Å². The second-order valence-corrected chi connectivity index (χ2v) is 5.19. The summed E-state index contributed by atoms with van der Waals surface area (Å²) >= 11 is 0. The van der Waals surface area contributed by atoms with Crippen molar-refractivity contribution < 1.29 is 9.72 Å². The summed E-state index contributed by atoms with van der Waals surface area (Å²) in [5, 5.41) is 14.5. The largest absolute Gasteiger partial charge is 0.350 e. The van der Waals surface area contributed by atoms with Crippen molar-refractivity contribution in [2.45, 2.75) is 0 Å². The number of nitrogens with one attached hydrogen (secondary N) is 1. The first-order valence-electron chi connectivity index (χ1n) is 7.34. The lowest BCUT2D eigenvalue weighted by atomic mass is 9.99. The van der Waals surface area contributed by atoms with Gasteiger partial charge in [0.2, 0.25) is 0 Å². The number of carbonyl (C=O) groups excluding carboxylic acids is 1. The van der Waals surface area contributed by atoms with Crippen molar-refractivity contribution in [3.8, 4) is 11.1 Å². The molecule has 3 aromatic carbocycles. The highest BCUT2D eigenvalue weighted by Crippen LogP contribution is 2.33. The van der Waals surface area contributed by atoms with E-state index in [2.05, 4.69) is 5.32 Å². The summed E-state index contributed by atoms with van der Waals surface area (Å²) in [7, 11) is 0. The maximum atomic E-state index is 11.4. The summed E-state index contributed by atoms with van der Waals surface area (Å²) in [6.07, 6.45) is 0.747. The average Bonchev–Trinajstić information content (AvgIpc) is 2.62. The molecule has 0 saturated heterocycles. The van der Waals surface area contributed by atoms with E-state index in [0.29, 0.717) is 22.4 Å². The van der Waals surface area contributed by atoms with Crippen LogP contribution in [0.5, 0.6) is 0 Å². The molecule has 118 valence electrons. The van der Waals surface area contributed by atoms with Crippen LogP contribution in [0.3, 0.4) is 0 Å². The first-order chi connectivity index (χ1) is 11.7. The molecule has 5 heteroatoms. The summed E-state index contributed by atoms with van der Waals surface area (Å²) in [6.45, 7) is 0. The van der Waals surface area contributed by atoms with Crippen molar-refractivity contribution >= 4 is 23.3 Å². The van der Waals surface area contributed by atoms with Gasteiger partial charge < -0.3 is 5.32 Å². The van der Waals surface area contributed by atoms with Gasteiger partial charge in [0.25, 0.3) is 5.69 Å². The zero-order valence-corrected chi connectivity index (χ0v) is 12.7. The number of carbonyl (C=O) groups is 1. The Bertz CT molecular complexity index is 892.